The molecule has 1 aromatic rings. The average Bonchev–Trinajstić information content (AvgIpc) is 2.38. The number of alkyl halides is 3. The maximum absolute atomic E-state index is 12.8. The molecule has 1 aliphatic rings. The van der Waals surface area contributed by atoms with Crippen LogP contribution >= 0.6 is 11.6 Å². The monoisotopic (exact) mass is 295 g/mol. The SMILES string of the molecule is NNc1ncc(Cl)c(N2CCCC(C(F)(F)F)C2)n1. The van der Waals surface area contributed by atoms with Crippen LogP contribution < -0.4 is 16.2 Å². The van der Waals surface area contributed by atoms with Crippen LogP contribution in [0.1, 0.15) is 12.8 Å². The zero-order chi connectivity index (χ0) is 14.0. The Morgan fingerprint density at radius 3 is 2.84 bits per heavy atom. The highest BCUT2D eigenvalue weighted by molar-refractivity contribution is 6.32. The number of piperidine rings is 1. The van der Waals surface area contributed by atoms with Gasteiger partial charge in [-0.15, -0.1) is 0 Å². The summed E-state index contributed by atoms with van der Waals surface area (Å²) in [5.74, 6) is 4.21. The van der Waals surface area contributed by atoms with Gasteiger partial charge in [0.2, 0.25) is 5.95 Å². The first-order valence-electron chi connectivity index (χ1n) is 5.72. The summed E-state index contributed by atoms with van der Waals surface area (Å²) >= 11 is 5.93. The summed E-state index contributed by atoms with van der Waals surface area (Å²) in [7, 11) is 0. The molecule has 1 saturated heterocycles. The molecule has 1 aromatic heterocycles. The molecule has 0 aromatic carbocycles. The van der Waals surface area contributed by atoms with Crippen LogP contribution in [0.2, 0.25) is 5.02 Å². The summed E-state index contributed by atoms with van der Waals surface area (Å²) in [5, 5.41) is 0.210. The first-order chi connectivity index (χ1) is 8.91. The van der Waals surface area contributed by atoms with Crippen molar-refractivity contribution in [2.75, 3.05) is 23.4 Å². The first kappa shape index (κ1) is 14.1. The van der Waals surface area contributed by atoms with Gasteiger partial charge in [-0.25, -0.2) is 10.8 Å². The second-order valence-electron chi connectivity index (χ2n) is 4.34. The fourth-order valence-corrected chi connectivity index (χ4v) is 2.30. The van der Waals surface area contributed by atoms with E-state index >= 15 is 0 Å². The number of rotatable bonds is 2. The molecule has 0 amide bonds. The van der Waals surface area contributed by atoms with Crippen LogP contribution in [0.25, 0.3) is 0 Å². The molecule has 1 atom stereocenters. The van der Waals surface area contributed by atoms with Crippen molar-refractivity contribution in [2.24, 2.45) is 11.8 Å². The number of hydrazine groups is 1. The Morgan fingerprint density at radius 1 is 1.47 bits per heavy atom. The van der Waals surface area contributed by atoms with Gasteiger partial charge < -0.3 is 4.90 Å². The molecule has 0 spiro atoms. The van der Waals surface area contributed by atoms with Gasteiger partial charge in [-0.3, -0.25) is 5.43 Å². The van der Waals surface area contributed by atoms with E-state index in [1.165, 1.54) is 11.1 Å². The number of nitrogens with one attached hydrogen (secondary N) is 1. The summed E-state index contributed by atoms with van der Waals surface area (Å²) in [6.45, 7) is 0.331. The lowest BCUT2D eigenvalue weighted by Gasteiger charge is -2.34. The lowest BCUT2D eigenvalue weighted by Crippen LogP contribution is -2.42. The second-order valence-corrected chi connectivity index (χ2v) is 4.74. The third kappa shape index (κ3) is 3.19. The molecule has 0 aliphatic carbocycles. The third-order valence-electron chi connectivity index (χ3n) is 3.04. The molecule has 106 valence electrons. The van der Waals surface area contributed by atoms with Crippen LogP contribution in [0.15, 0.2) is 6.20 Å². The van der Waals surface area contributed by atoms with Crippen LogP contribution in [0, 0.1) is 5.92 Å². The largest absolute Gasteiger partial charge is 0.393 e. The van der Waals surface area contributed by atoms with E-state index in [9.17, 15) is 13.2 Å². The molecule has 9 heteroatoms. The van der Waals surface area contributed by atoms with E-state index < -0.39 is 12.1 Å². The Kier molecular flexibility index (Phi) is 4.00. The Labute approximate surface area is 112 Å². The zero-order valence-electron chi connectivity index (χ0n) is 9.91. The maximum atomic E-state index is 12.8. The molecule has 19 heavy (non-hydrogen) atoms. The highest BCUT2D eigenvalue weighted by atomic mass is 35.5. The number of halogens is 4. The summed E-state index contributed by atoms with van der Waals surface area (Å²) in [4.78, 5) is 9.32. The fourth-order valence-electron chi connectivity index (χ4n) is 2.09. The predicted molar refractivity (Wildman–Crippen MR) is 65.8 cm³/mol. The van der Waals surface area contributed by atoms with Crippen LogP contribution in [-0.4, -0.2) is 29.2 Å². The molecule has 0 saturated carbocycles. The van der Waals surface area contributed by atoms with Gasteiger partial charge in [0.1, 0.15) is 5.02 Å². The van der Waals surface area contributed by atoms with E-state index in [0.29, 0.717) is 13.0 Å². The molecule has 1 fully saturated rings. The zero-order valence-corrected chi connectivity index (χ0v) is 10.7. The summed E-state index contributed by atoms with van der Waals surface area (Å²) in [6, 6.07) is 0. The molecular formula is C10H13ClF3N5. The minimum absolute atomic E-state index is 0.119. The lowest BCUT2D eigenvalue weighted by molar-refractivity contribution is -0.176. The van der Waals surface area contributed by atoms with E-state index in [1.807, 2.05) is 0 Å². The maximum Gasteiger partial charge on any atom is 0.393 e. The van der Waals surface area contributed by atoms with Gasteiger partial charge in [-0.2, -0.15) is 18.2 Å². The summed E-state index contributed by atoms with van der Waals surface area (Å²) in [6.07, 6.45) is -2.32. The quantitative estimate of drug-likeness (QED) is 0.647. The van der Waals surface area contributed by atoms with Gasteiger partial charge in [0.05, 0.1) is 12.1 Å². The van der Waals surface area contributed by atoms with Crippen molar-refractivity contribution < 1.29 is 13.2 Å². The Morgan fingerprint density at radius 2 is 2.21 bits per heavy atom. The number of nitrogens with two attached hydrogens (primary N) is 1. The Balaban J connectivity index is 2.21. The molecular weight excluding hydrogens is 283 g/mol. The number of hydrogen-bond acceptors (Lipinski definition) is 5. The second kappa shape index (κ2) is 5.38. The number of hydrogen-bond donors (Lipinski definition) is 2. The minimum atomic E-state index is -4.20. The van der Waals surface area contributed by atoms with E-state index in [4.69, 9.17) is 17.4 Å². The highest BCUT2D eigenvalue weighted by Gasteiger charge is 2.42. The smallest absolute Gasteiger partial charge is 0.355 e. The van der Waals surface area contributed by atoms with Crippen molar-refractivity contribution in [3.05, 3.63) is 11.2 Å². The van der Waals surface area contributed by atoms with Crippen LogP contribution in [0.4, 0.5) is 24.9 Å². The predicted octanol–water partition coefficient (Wildman–Crippen LogP) is 2.19. The van der Waals surface area contributed by atoms with Crippen molar-refractivity contribution >= 4 is 23.4 Å². The van der Waals surface area contributed by atoms with Gasteiger partial charge in [0, 0.05) is 13.1 Å². The molecule has 2 rings (SSSR count). The number of nitrogens with zero attached hydrogens (tertiary/aromatic N) is 3. The average molecular weight is 296 g/mol. The van der Waals surface area contributed by atoms with Crippen LogP contribution in [-0.2, 0) is 0 Å². The fraction of sp³-hybridized carbons (Fsp3) is 0.600. The molecule has 2 heterocycles. The Bertz CT molecular complexity index is 453. The van der Waals surface area contributed by atoms with Gasteiger partial charge in [-0.1, -0.05) is 11.6 Å². The number of nitrogen functional groups attached to an aromatic ring is 1. The molecule has 3 N–H and O–H groups in total. The molecule has 0 bridgehead atoms. The third-order valence-corrected chi connectivity index (χ3v) is 3.31. The van der Waals surface area contributed by atoms with Gasteiger partial charge in [0.15, 0.2) is 5.82 Å². The van der Waals surface area contributed by atoms with Gasteiger partial charge in [-0.05, 0) is 12.8 Å². The van der Waals surface area contributed by atoms with E-state index in [2.05, 4.69) is 15.4 Å². The van der Waals surface area contributed by atoms with Crippen molar-refractivity contribution in [1.29, 1.82) is 0 Å². The van der Waals surface area contributed by atoms with E-state index in [1.54, 1.807) is 0 Å². The Hall–Kier alpha value is -1.28. The summed E-state index contributed by atoms with van der Waals surface area (Å²) in [5.41, 5.74) is 2.25. The normalized spacial score (nSPS) is 20.5. The molecule has 5 nitrogen and oxygen atoms in total. The van der Waals surface area contributed by atoms with Crippen molar-refractivity contribution in [1.82, 2.24) is 9.97 Å². The number of aromatic nitrogens is 2. The standard InChI is InChI=1S/C10H13ClF3N5/c11-7-4-16-9(18-15)17-8(7)19-3-1-2-6(5-19)10(12,13)14/h4,6H,1-3,5,15H2,(H,16,17,18). The van der Waals surface area contributed by atoms with Crippen LogP contribution in [0.5, 0.6) is 0 Å². The molecule has 1 aliphatic heterocycles. The topological polar surface area (TPSA) is 67.1 Å². The van der Waals surface area contributed by atoms with Crippen molar-refractivity contribution in [3.8, 4) is 0 Å². The molecule has 0 radical (unpaired) electrons. The van der Waals surface area contributed by atoms with Crippen LogP contribution in [0.3, 0.4) is 0 Å². The first-order valence-corrected chi connectivity index (χ1v) is 6.10. The van der Waals surface area contributed by atoms with E-state index in [-0.39, 0.29) is 29.8 Å². The van der Waals surface area contributed by atoms with Crippen molar-refractivity contribution in [2.45, 2.75) is 19.0 Å². The van der Waals surface area contributed by atoms with Gasteiger partial charge >= 0.3 is 6.18 Å². The minimum Gasteiger partial charge on any atom is -0.355 e. The van der Waals surface area contributed by atoms with Gasteiger partial charge in [0.25, 0.3) is 0 Å². The lowest BCUT2D eigenvalue weighted by atomic mass is 9.97. The number of anilines is 2. The summed E-state index contributed by atoms with van der Waals surface area (Å²) < 4.78 is 38.3. The highest BCUT2D eigenvalue weighted by Crippen LogP contribution is 2.35. The van der Waals surface area contributed by atoms with E-state index in [0.717, 1.165) is 0 Å². The molecule has 1 unspecified atom stereocenters. The van der Waals surface area contributed by atoms with Crippen molar-refractivity contribution in [3.63, 3.8) is 0 Å².